The smallest absolute Gasteiger partial charge is 0.280 e. The SMILES string of the molecule is COc1ccc(NC(=O)c2nn(C)c3ccccc3c2=O)cc1OC. The quantitative estimate of drug-likeness (QED) is 0.788. The molecule has 1 amide bonds. The normalized spacial score (nSPS) is 10.5. The molecule has 0 bridgehead atoms. The molecule has 1 aromatic heterocycles. The van der Waals surface area contributed by atoms with Crippen molar-refractivity contribution in [2.24, 2.45) is 7.05 Å². The molecule has 2 aromatic carbocycles. The number of hydrogen-bond donors (Lipinski definition) is 1. The fourth-order valence-electron chi connectivity index (χ4n) is 2.58. The van der Waals surface area contributed by atoms with Crippen molar-refractivity contribution in [1.29, 1.82) is 0 Å². The van der Waals surface area contributed by atoms with Crippen LogP contribution in [0.3, 0.4) is 0 Å². The van der Waals surface area contributed by atoms with E-state index in [9.17, 15) is 9.59 Å². The van der Waals surface area contributed by atoms with E-state index in [2.05, 4.69) is 10.4 Å². The van der Waals surface area contributed by atoms with E-state index in [0.717, 1.165) is 0 Å². The van der Waals surface area contributed by atoms with Crippen LogP contribution in [0, 0.1) is 0 Å². The maximum Gasteiger partial charge on any atom is 0.280 e. The van der Waals surface area contributed by atoms with E-state index >= 15 is 0 Å². The Balaban J connectivity index is 1.98. The molecule has 3 aromatic rings. The van der Waals surface area contributed by atoms with E-state index in [1.165, 1.54) is 18.9 Å². The van der Waals surface area contributed by atoms with Crippen LogP contribution < -0.4 is 20.2 Å². The summed E-state index contributed by atoms with van der Waals surface area (Å²) >= 11 is 0. The van der Waals surface area contributed by atoms with Crippen molar-refractivity contribution in [2.45, 2.75) is 0 Å². The van der Waals surface area contributed by atoms with Gasteiger partial charge in [0.25, 0.3) is 5.91 Å². The summed E-state index contributed by atoms with van der Waals surface area (Å²) < 4.78 is 11.9. The summed E-state index contributed by atoms with van der Waals surface area (Å²) in [6.07, 6.45) is 0. The Morgan fingerprint density at radius 2 is 1.80 bits per heavy atom. The first-order chi connectivity index (χ1) is 12.0. The van der Waals surface area contributed by atoms with Gasteiger partial charge in [-0.25, -0.2) is 0 Å². The predicted molar refractivity (Wildman–Crippen MR) is 94.5 cm³/mol. The highest BCUT2D eigenvalue weighted by Crippen LogP contribution is 2.29. The second-order valence-corrected chi connectivity index (χ2v) is 5.34. The van der Waals surface area contributed by atoms with E-state index in [-0.39, 0.29) is 5.69 Å². The lowest BCUT2D eigenvalue weighted by Gasteiger charge is -2.11. The molecular weight excluding hydrogens is 322 g/mol. The van der Waals surface area contributed by atoms with Crippen molar-refractivity contribution in [1.82, 2.24) is 9.78 Å². The molecule has 128 valence electrons. The van der Waals surface area contributed by atoms with Crippen LogP contribution in [-0.4, -0.2) is 29.9 Å². The molecule has 0 aliphatic heterocycles. The molecule has 1 heterocycles. The Labute approximate surface area is 143 Å². The molecule has 0 aliphatic rings. The number of carbonyl (C=O) groups excluding carboxylic acids is 1. The number of fused-ring (bicyclic) bond motifs is 1. The van der Waals surface area contributed by atoms with Gasteiger partial charge in [0.05, 0.1) is 19.7 Å². The first-order valence-corrected chi connectivity index (χ1v) is 7.54. The Kier molecular flexibility index (Phi) is 4.38. The molecule has 0 radical (unpaired) electrons. The summed E-state index contributed by atoms with van der Waals surface area (Å²) in [5.41, 5.74) is 0.553. The van der Waals surface area contributed by atoms with Crippen molar-refractivity contribution >= 4 is 22.5 Å². The number of nitrogens with one attached hydrogen (secondary N) is 1. The molecule has 0 saturated carbocycles. The minimum absolute atomic E-state index is 0.170. The number of benzene rings is 2. The molecule has 3 rings (SSSR count). The van der Waals surface area contributed by atoms with Crippen LogP contribution in [0.1, 0.15) is 10.5 Å². The topological polar surface area (TPSA) is 82.5 Å². The number of rotatable bonds is 4. The maximum absolute atomic E-state index is 12.6. The third kappa shape index (κ3) is 3.03. The number of aromatic nitrogens is 2. The van der Waals surface area contributed by atoms with Gasteiger partial charge >= 0.3 is 0 Å². The zero-order valence-corrected chi connectivity index (χ0v) is 14.1. The molecule has 0 aliphatic carbocycles. The first kappa shape index (κ1) is 16.5. The Bertz CT molecular complexity index is 1010. The van der Waals surface area contributed by atoms with Gasteiger partial charge in [-0.05, 0) is 24.3 Å². The number of anilines is 1. The highest BCUT2D eigenvalue weighted by molar-refractivity contribution is 6.04. The Morgan fingerprint density at radius 3 is 2.52 bits per heavy atom. The third-order valence-electron chi connectivity index (χ3n) is 3.82. The summed E-state index contributed by atoms with van der Waals surface area (Å²) in [5, 5.41) is 7.22. The van der Waals surface area contributed by atoms with E-state index in [0.29, 0.717) is 28.1 Å². The number of carbonyl (C=O) groups is 1. The molecule has 0 saturated heterocycles. The second-order valence-electron chi connectivity index (χ2n) is 5.34. The number of aryl methyl sites for hydroxylation is 1. The monoisotopic (exact) mass is 339 g/mol. The first-order valence-electron chi connectivity index (χ1n) is 7.54. The van der Waals surface area contributed by atoms with Crippen LogP contribution in [0.15, 0.2) is 47.3 Å². The van der Waals surface area contributed by atoms with Crippen LogP contribution in [0.25, 0.3) is 10.9 Å². The Hall–Kier alpha value is -3.35. The highest BCUT2D eigenvalue weighted by Gasteiger charge is 2.17. The zero-order valence-electron chi connectivity index (χ0n) is 14.1. The van der Waals surface area contributed by atoms with Crippen molar-refractivity contribution in [3.05, 3.63) is 58.4 Å². The lowest BCUT2D eigenvalue weighted by molar-refractivity contribution is 0.101. The van der Waals surface area contributed by atoms with Gasteiger partial charge in [-0.3, -0.25) is 14.3 Å². The number of hydrogen-bond acceptors (Lipinski definition) is 5. The van der Waals surface area contributed by atoms with Crippen molar-refractivity contribution in [3.8, 4) is 11.5 Å². The molecular formula is C18H17N3O4. The third-order valence-corrected chi connectivity index (χ3v) is 3.82. The largest absolute Gasteiger partial charge is 0.493 e. The van der Waals surface area contributed by atoms with Crippen molar-refractivity contribution in [2.75, 3.05) is 19.5 Å². The minimum atomic E-state index is -0.585. The zero-order chi connectivity index (χ0) is 18.0. The minimum Gasteiger partial charge on any atom is -0.493 e. The molecule has 0 unspecified atom stereocenters. The van der Waals surface area contributed by atoms with Gasteiger partial charge in [0.1, 0.15) is 0 Å². The summed E-state index contributed by atoms with van der Waals surface area (Å²) in [6, 6.07) is 12.0. The maximum atomic E-state index is 12.6. The van der Waals surface area contributed by atoms with Crippen LogP contribution >= 0.6 is 0 Å². The lowest BCUT2D eigenvalue weighted by Crippen LogP contribution is -2.26. The number of ether oxygens (including phenoxy) is 2. The number of amides is 1. The standard InChI is InChI=1S/C18H17N3O4/c1-21-13-7-5-4-6-12(13)17(22)16(20-21)18(23)19-11-8-9-14(24-2)15(10-11)25-3/h4-10H,1-3H3,(H,19,23). The van der Waals surface area contributed by atoms with E-state index in [4.69, 9.17) is 9.47 Å². The summed E-state index contributed by atoms with van der Waals surface area (Å²) in [4.78, 5) is 25.1. The average molecular weight is 339 g/mol. The van der Waals surface area contributed by atoms with Crippen LogP contribution in [0.2, 0.25) is 0 Å². The van der Waals surface area contributed by atoms with E-state index in [1.54, 1.807) is 43.4 Å². The number of para-hydroxylation sites is 1. The van der Waals surface area contributed by atoms with Gasteiger partial charge < -0.3 is 14.8 Å². The van der Waals surface area contributed by atoms with E-state index < -0.39 is 11.3 Å². The van der Waals surface area contributed by atoms with Gasteiger partial charge in [-0.1, -0.05) is 12.1 Å². The van der Waals surface area contributed by atoms with Gasteiger partial charge in [-0.2, -0.15) is 5.10 Å². The highest BCUT2D eigenvalue weighted by atomic mass is 16.5. The summed E-state index contributed by atoms with van der Waals surface area (Å²) in [5.74, 6) is 0.429. The molecule has 0 spiro atoms. The van der Waals surface area contributed by atoms with Crippen LogP contribution in [0.5, 0.6) is 11.5 Å². The molecule has 7 nitrogen and oxygen atoms in total. The lowest BCUT2D eigenvalue weighted by atomic mass is 10.2. The fraction of sp³-hybridized carbons (Fsp3) is 0.167. The number of methoxy groups -OCH3 is 2. The second kappa shape index (κ2) is 6.64. The van der Waals surface area contributed by atoms with Gasteiger partial charge in [-0.15, -0.1) is 0 Å². The molecule has 25 heavy (non-hydrogen) atoms. The summed E-state index contributed by atoms with van der Waals surface area (Å²) in [7, 11) is 4.72. The predicted octanol–water partition coefficient (Wildman–Crippen LogP) is 2.20. The van der Waals surface area contributed by atoms with Crippen molar-refractivity contribution < 1.29 is 14.3 Å². The van der Waals surface area contributed by atoms with Gasteiger partial charge in [0.2, 0.25) is 5.43 Å². The van der Waals surface area contributed by atoms with Crippen molar-refractivity contribution in [3.63, 3.8) is 0 Å². The van der Waals surface area contributed by atoms with E-state index in [1.807, 2.05) is 6.07 Å². The summed E-state index contributed by atoms with van der Waals surface area (Å²) in [6.45, 7) is 0. The fourth-order valence-corrected chi connectivity index (χ4v) is 2.58. The molecule has 7 heteroatoms. The molecule has 0 fully saturated rings. The number of nitrogens with zero attached hydrogens (tertiary/aromatic N) is 2. The van der Waals surface area contributed by atoms with Gasteiger partial charge in [0, 0.05) is 24.2 Å². The Morgan fingerprint density at radius 1 is 1.08 bits per heavy atom. The van der Waals surface area contributed by atoms with Crippen LogP contribution in [0.4, 0.5) is 5.69 Å². The average Bonchev–Trinajstić information content (AvgIpc) is 2.64. The molecule has 0 atom stereocenters. The van der Waals surface area contributed by atoms with Gasteiger partial charge in [0.15, 0.2) is 17.2 Å². The van der Waals surface area contributed by atoms with Crippen LogP contribution in [-0.2, 0) is 7.05 Å². The molecule has 1 N–H and O–H groups in total.